The molecule has 31 heavy (non-hydrogen) atoms. The van der Waals surface area contributed by atoms with Crippen molar-refractivity contribution in [3.05, 3.63) is 64.7 Å². The average molecular weight is 432 g/mol. The van der Waals surface area contributed by atoms with Crippen LogP contribution in [0.4, 0.5) is 13.2 Å². The van der Waals surface area contributed by atoms with E-state index >= 15 is 0 Å². The molecule has 160 valence electrons. The molecular formula is C21H15F3N2O5. The Labute approximate surface area is 173 Å². The summed E-state index contributed by atoms with van der Waals surface area (Å²) in [4.78, 5) is 49.6. The molecule has 1 saturated heterocycles. The van der Waals surface area contributed by atoms with E-state index in [0.717, 1.165) is 11.0 Å². The molecule has 4 rings (SSSR count). The quantitative estimate of drug-likeness (QED) is 0.750. The van der Waals surface area contributed by atoms with Gasteiger partial charge in [0.2, 0.25) is 11.8 Å². The van der Waals surface area contributed by atoms with Crippen molar-refractivity contribution in [2.75, 3.05) is 0 Å². The molecule has 1 atom stereocenters. The number of nitrogens with zero attached hydrogens (tertiary/aromatic N) is 1. The number of benzene rings is 2. The summed E-state index contributed by atoms with van der Waals surface area (Å²) in [6.07, 6.45) is -4.52. The minimum absolute atomic E-state index is 0.00319. The van der Waals surface area contributed by atoms with Crippen LogP contribution in [0.1, 0.15) is 44.7 Å². The second-order valence-corrected chi connectivity index (χ2v) is 7.10. The number of piperidine rings is 1. The lowest BCUT2D eigenvalue weighted by Gasteiger charge is -2.27. The molecule has 2 aromatic rings. The van der Waals surface area contributed by atoms with Crippen molar-refractivity contribution in [3.63, 3.8) is 0 Å². The molecule has 0 aromatic heterocycles. The van der Waals surface area contributed by atoms with Gasteiger partial charge in [-0.3, -0.25) is 29.4 Å². The maximum absolute atomic E-state index is 13.1. The molecule has 1 N–H and O–H groups in total. The monoisotopic (exact) mass is 432 g/mol. The highest BCUT2D eigenvalue weighted by Gasteiger charge is 2.44. The highest BCUT2D eigenvalue weighted by molar-refractivity contribution is 6.23. The molecule has 0 spiro atoms. The van der Waals surface area contributed by atoms with E-state index in [0.29, 0.717) is 0 Å². The van der Waals surface area contributed by atoms with Crippen LogP contribution in [0.3, 0.4) is 0 Å². The lowest BCUT2D eigenvalue weighted by atomic mass is 10.0. The minimum atomic E-state index is -4.54. The van der Waals surface area contributed by atoms with Crippen molar-refractivity contribution in [3.8, 4) is 5.75 Å². The second-order valence-electron chi connectivity index (χ2n) is 7.10. The Hall–Kier alpha value is -3.69. The van der Waals surface area contributed by atoms with Crippen molar-refractivity contribution in [1.29, 1.82) is 0 Å². The summed E-state index contributed by atoms with van der Waals surface area (Å²) in [5, 5.41) is 2.10. The maximum Gasteiger partial charge on any atom is 0.416 e. The molecule has 0 aliphatic carbocycles. The molecule has 10 heteroatoms. The van der Waals surface area contributed by atoms with E-state index in [1.54, 1.807) is 0 Å². The maximum atomic E-state index is 13.1. The smallest absolute Gasteiger partial charge is 0.416 e. The molecule has 2 aliphatic rings. The lowest BCUT2D eigenvalue weighted by Crippen LogP contribution is -2.54. The molecule has 2 aliphatic heterocycles. The number of amides is 4. The van der Waals surface area contributed by atoms with Gasteiger partial charge in [0.05, 0.1) is 16.7 Å². The molecule has 0 bridgehead atoms. The number of alkyl halides is 3. The summed E-state index contributed by atoms with van der Waals surface area (Å²) in [6, 6.07) is 7.81. The van der Waals surface area contributed by atoms with Crippen LogP contribution >= 0.6 is 0 Å². The predicted molar refractivity (Wildman–Crippen MR) is 98.9 cm³/mol. The van der Waals surface area contributed by atoms with Gasteiger partial charge in [-0.2, -0.15) is 13.2 Å². The first kappa shape index (κ1) is 20.6. The van der Waals surface area contributed by atoms with Gasteiger partial charge in [-0.15, -0.1) is 0 Å². The summed E-state index contributed by atoms with van der Waals surface area (Å²) in [5.74, 6) is -2.51. The van der Waals surface area contributed by atoms with Gasteiger partial charge in [-0.05, 0) is 30.7 Å². The third kappa shape index (κ3) is 3.76. The zero-order chi connectivity index (χ0) is 22.3. The topological polar surface area (TPSA) is 92.8 Å². The Kier molecular flexibility index (Phi) is 5.00. The molecule has 2 aromatic carbocycles. The Morgan fingerprint density at radius 1 is 1.00 bits per heavy atom. The summed E-state index contributed by atoms with van der Waals surface area (Å²) in [6.45, 7) is -0.395. The highest BCUT2D eigenvalue weighted by Crippen LogP contribution is 2.33. The van der Waals surface area contributed by atoms with Crippen LogP contribution < -0.4 is 10.1 Å². The fourth-order valence-electron chi connectivity index (χ4n) is 3.62. The first-order valence-corrected chi connectivity index (χ1v) is 9.30. The van der Waals surface area contributed by atoms with Crippen LogP contribution in [0.2, 0.25) is 0 Å². The van der Waals surface area contributed by atoms with E-state index in [4.69, 9.17) is 4.74 Å². The number of carbonyl (C=O) groups is 4. The Morgan fingerprint density at radius 2 is 1.71 bits per heavy atom. The van der Waals surface area contributed by atoms with E-state index < -0.39 is 48.0 Å². The van der Waals surface area contributed by atoms with Gasteiger partial charge in [-0.1, -0.05) is 18.2 Å². The van der Waals surface area contributed by atoms with Crippen LogP contribution in [0.25, 0.3) is 0 Å². The van der Waals surface area contributed by atoms with E-state index in [2.05, 4.69) is 5.32 Å². The third-order valence-electron chi connectivity index (χ3n) is 5.13. The first-order valence-electron chi connectivity index (χ1n) is 9.30. The fraction of sp³-hybridized carbons (Fsp3) is 0.238. The van der Waals surface area contributed by atoms with E-state index in [9.17, 15) is 32.3 Å². The number of hydrogen-bond acceptors (Lipinski definition) is 5. The van der Waals surface area contributed by atoms with Crippen LogP contribution in [-0.2, 0) is 22.4 Å². The van der Waals surface area contributed by atoms with Crippen molar-refractivity contribution >= 4 is 23.6 Å². The molecular weight excluding hydrogens is 417 g/mol. The summed E-state index contributed by atoms with van der Waals surface area (Å²) in [7, 11) is 0. The number of ether oxygens (including phenoxy) is 1. The number of hydrogen-bond donors (Lipinski definition) is 1. The van der Waals surface area contributed by atoms with Crippen LogP contribution in [0.5, 0.6) is 5.75 Å². The SMILES string of the molecule is O=C1CCC(N2C(=O)c3ccc(OCc4ccccc4C(F)(F)F)cc3C2=O)C(=O)N1. The Balaban J connectivity index is 1.55. The molecule has 1 fully saturated rings. The standard InChI is InChI=1S/C21H15F3N2O5/c22-21(23,24)15-4-2-1-3-11(15)10-31-12-5-6-13-14(9-12)20(30)26(19(13)29)16-7-8-17(27)25-18(16)28/h1-6,9,16H,7-8,10H2,(H,25,27,28). The van der Waals surface area contributed by atoms with Gasteiger partial charge in [0, 0.05) is 12.0 Å². The van der Waals surface area contributed by atoms with E-state index in [-0.39, 0.29) is 35.3 Å². The van der Waals surface area contributed by atoms with Crippen molar-refractivity contribution < 1.29 is 37.1 Å². The van der Waals surface area contributed by atoms with Gasteiger partial charge in [0.15, 0.2) is 0 Å². The minimum Gasteiger partial charge on any atom is -0.489 e. The fourth-order valence-corrected chi connectivity index (χ4v) is 3.62. The number of nitrogens with one attached hydrogen (secondary N) is 1. The molecule has 2 heterocycles. The van der Waals surface area contributed by atoms with Gasteiger partial charge in [0.25, 0.3) is 11.8 Å². The van der Waals surface area contributed by atoms with Gasteiger partial charge in [-0.25, -0.2) is 0 Å². The normalized spacial score (nSPS) is 18.8. The zero-order valence-corrected chi connectivity index (χ0v) is 15.9. The van der Waals surface area contributed by atoms with Crippen LogP contribution in [-0.4, -0.2) is 34.6 Å². The number of rotatable bonds is 4. The van der Waals surface area contributed by atoms with E-state index in [1.807, 2.05) is 0 Å². The number of fused-ring (bicyclic) bond motifs is 1. The molecule has 0 saturated carbocycles. The molecule has 0 radical (unpaired) electrons. The van der Waals surface area contributed by atoms with E-state index in [1.165, 1.54) is 36.4 Å². The number of imide groups is 2. The van der Waals surface area contributed by atoms with Gasteiger partial charge < -0.3 is 4.74 Å². The molecule has 1 unspecified atom stereocenters. The average Bonchev–Trinajstić information content (AvgIpc) is 2.96. The molecule has 7 nitrogen and oxygen atoms in total. The first-order chi connectivity index (χ1) is 14.7. The van der Waals surface area contributed by atoms with Crippen LogP contribution in [0, 0.1) is 0 Å². The molecule has 4 amide bonds. The van der Waals surface area contributed by atoms with Crippen LogP contribution in [0.15, 0.2) is 42.5 Å². The zero-order valence-electron chi connectivity index (χ0n) is 15.9. The van der Waals surface area contributed by atoms with Gasteiger partial charge >= 0.3 is 6.18 Å². The van der Waals surface area contributed by atoms with Crippen molar-refractivity contribution in [2.24, 2.45) is 0 Å². The Bertz CT molecular complexity index is 1110. The lowest BCUT2D eigenvalue weighted by molar-refractivity contribution is -0.139. The van der Waals surface area contributed by atoms with Gasteiger partial charge in [0.1, 0.15) is 18.4 Å². The summed E-state index contributed by atoms with van der Waals surface area (Å²) in [5.41, 5.74) is -0.872. The Morgan fingerprint density at radius 3 is 2.42 bits per heavy atom. The second kappa shape index (κ2) is 7.53. The third-order valence-corrected chi connectivity index (χ3v) is 5.13. The highest BCUT2D eigenvalue weighted by atomic mass is 19.4. The number of carbonyl (C=O) groups excluding carboxylic acids is 4. The van der Waals surface area contributed by atoms with Crippen molar-refractivity contribution in [2.45, 2.75) is 31.7 Å². The number of halogens is 3. The predicted octanol–water partition coefficient (Wildman–Crippen LogP) is 2.69. The summed E-state index contributed by atoms with van der Waals surface area (Å²) >= 11 is 0. The van der Waals surface area contributed by atoms with Crippen molar-refractivity contribution in [1.82, 2.24) is 10.2 Å². The summed E-state index contributed by atoms with van der Waals surface area (Å²) < 4.78 is 44.8. The largest absolute Gasteiger partial charge is 0.489 e.